The summed E-state index contributed by atoms with van der Waals surface area (Å²) >= 11 is 6.12. The van der Waals surface area contributed by atoms with Gasteiger partial charge in [-0.2, -0.15) is 0 Å². The molecular weight excluding hydrogens is 296 g/mol. The van der Waals surface area contributed by atoms with Crippen molar-refractivity contribution in [2.24, 2.45) is 5.73 Å². The number of halogens is 1. The Morgan fingerprint density at radius 2 is 2.00 bits per heavy atom. The fourth-order valence-corrected chi connectivity index (χ4v) is 2.49. The third kappa shape index (κ3) is 3.58. The number of carbonyl (C=O) groups is 2. The van der Waals surface area contributed by atoms with E-state index in [0.29, 0.717) is 11.3 Å². The zero-order valence-corrected chi connectivity index (χ0v) is 12.5. The van der Waals surface area contributed by atoms with Gasteiger partial charge in [0.15, 0.2) is 18.1 Å². The predicted octanol–water partition coefficient (Wildman–Crippen LogP) is 1.45. The number of benzene rings is 1. The predicted molar refractivity (Wildman–Crippen MR) is 77.8 cm³/mol. The minimum atomic E-state index is -0.620. The quantitative estimate of drug-likeness (QED) is 0.892. The SMILES string of the molecule is COc1cc(C(=O)N2CCCC2)cc(Cl)c1OCC(N)=O. The van der Waals surface area contributed by atoms with Crippen molar-refractivity contribution in [3.63, 3.8) is 0 Å². The molecule has 2 amide bonds. The van der Waals surface area contributed by atoms with Crippen LogP contribution in [0.3, 0.4) is 0 Å². The van der Waals surface area contributed by atoms with Crippen LogP contribution in [0.4, 0.5) is 0 Å². The maximum absolute atomic E-state index is 12.3. The Balaban J connectivity index is 2.26. The lowest BCUT2D eigenvalue weighted by Gasteiger charge is -2.17. The second kappa shape index (κ2) is 6.67. The molecule has 6 nitrogen and oxygen atoms in total. The van der Waals surface area contributed by atoms with Crippen LogP contribution >= 0.6 is 11.6 Å². The van der Waals surface area contributed by atoms with Gasteiger partial charge in [-0.1, -0.05) is 11.6 Å². The Morgan fingerprint density at radius 1 is 1.33 bits per heavy atom. The van der Waals surface area contributed by atoms with Crippen LogP contribution in [0, 0.1) is 0 Å². The smallest absolute Gasteiger partial charge is 0.255 e. The highest BCUT2D eigenvalue weighted by Gasteiger charge is 2.22. The van der Waals surface area contributed by atoms with Crippen LogP contribution in [0.15, 0.2) is 12.1 Å². The summed E-state index contributed by atoms with van der Waals surface area (Å²) in [5.74, 6) is -0.207. The number of rotatable bonds is 5. The standard InChI is InChI=1S/C14H17ClN2O4/c1-20-11-7-9(14(19)17-4-2-3-5-17)6-10(15)13(11)21-8-12(16)18/h6-7H,2-5,8H2,1H3,(H2,16,18). The van der Waals surface area contributed by atoms with Crippen LogP contribution in [-0.2, 0) is 4.79 Å². The number of amides is 2. The van der Waals surface area contributed by atoms with E-state index < -0.39 is 5.91 Å². The lowest BCUT2D eigenvalue weighted by molar-refractivity contribution is -0.119. The van der Waals surface area contributed by atoms with Crippen molar-refractivity contribution < 1.29 is 19.1 Å². The Hall–Kier alpha value is -1.95. The third-order valence-electron chi connectivity index (χ3n) is 3.23. The van der Waals surface area contributed by atoms with Crippen molar-refractivity contribution in [1.82, 2.24) is 4.90 Å². The summed E-state index contributed by atoms with van der Waals surface area (Å²) in [6.07, 6.45) is 2.02. The lowest BCUT2D eigenvalue weighted by atomic mass is 10.1. The van der Waals surface area contributed by atoms with Crippen molar-refractivity contribution >= 4 is 23.4 Å². The summed E-state index contributed by atoms with van der Waals surface area (Å²) in [5.41, 5.74) is 5.47. The normalized spacial score (nSPS) is 14.1. The van der Waals surface area contributed by atoms with Gasteiger partial charge >= 0.3 is 0 Å². The molecule has 1 aliphatic heterocycles. The Labute approximate surface area is 127 Å². The fourth-order valence-electron chi connectivity index (χ4n) is 2.23. The Kier molecular flexibility index (Phi) is 4.90. The molecule has 0 atom stereocenters. The molecule has 21 heavy (non-hydrogen) atoms. The second-order valence-corrected chi connectivity index (χ2v) is 5.15. The van der Waals surface area contributed by atoms with Gasteiger partial charge in [0, 0.05) is 18.7 Å². The molecule has 7 heteroatoms. The van der Waals surface area contributed by atoms with Gasteiger partial charge < -0.3 is 20.1 Å². The minimum absolute atomic E-state index is 0.0887. The molecule has 0 spiro atoms. The van der Waals surface area contributed by atoms with Crippen LogP contribution in [0.5, 0.6) is 11.5 Å². The first kappa shape index (κ1) is 15.4. The summed E-state index contributed by atoms with van der Waals surface area (Å²) in [6, 6.07) is 3.07. The number of primary amides is 1. The third-order valence-corrected chi connectivity index (χ3v) is 3.51. The van der Waals surface area contributed by atoms with Gasteiger partial charge in [-0.05, 0) is 25.0 Å². The maximum Gasteiger partial charge on any atom is 0.255 e. The summed E-state index contributed by atoms with van der Waals surface area (Å²) in [6.45, 7) is 1.19. The van der Waals surface area contributed by atoms with Crippen LogP contribution in [0.25, 0.3) is 0 Å². The summed E-state index contributed by atoms with van der Waals surface area (Å²) < 4.78 is 10.4. The molecule has 114 valence electrons. The van der Waals surface area contributed by atoms with Crippen LogP contribution in [0.1, 0.15) is 23.2 Å². The van der Waals surface area contributed by atoms with E-state index in [1.807, 2.05) is 0 Å². The highest BCUT2D eigenvalue weighted by molar-refractivity contribution is 6.32. The first-order valence-electron chi connectivity index (χ1n) is 6.61. The van der Waals surface area contributed by atoms with Crippen molar-refractivity contribution in [2.75, 3.05) is 26.8 Å². The molecule has 0 unspecified atom stereocenters. The number of nitrogens with zero attached hydrogens (tertiary/aromatic N) is 1. The molecule has 2 N–H and O–H groups in total. The molecule has 0 bridgehead atoms. The number of hydrogen-bond acceptors (Lipinski definition) is 4. The lowest BCUT2D eigenvalue weighted by Crippen LogP contribution is -2.27. The van der Waals surface area contributed by atoms with Crippen LogP contribution < -0.4 is 15.2 Å². The number of hydrogen-bond donors (Lipinski definition) is 1. The number of ether oxygens (including phenoxy) is 2. The zero-order chi connectivity index (χ0) is 15.4. The van der Waals surface area contributed by atoms with E-state index in [-0.39, 0.29) is 23.3 Å². The van der Waals surface area contributed by atoms with E-state index >= 15 is 0 Å². The number of carbonyl (C=O) groups excluding carboxylic acids is 2. The molecule has 0 radical (unpaired) electrons. The highest BCUT2D eigenvalue weighted by Crippen LogP contribution is 2.36. The maximum atomic E-state index is 12.3. The summed E-state index contributed by atoms with van der Waals surface area (Å²) in [4.78, 5) is 24.9. The van der Waals surface area contributed by atoms with Gasteiger partial charge in [0.05, 0.1) is 12.1 Å². The highest BCUT2D eigenvalue weighted by atomic mass is 35.5. The molecule has 1 fully saturated rings. The zero-order valence-electron chi connectivity index (χ0n) is 11.7. The first-order chi connectivity index (χ1) is 10.0. The molecule has 1 aromatic rings. The van der Waals surface area contributed by atoms with Gasteiger partial charge in [0.2, 0.25) is 0 Å². The number of methoxy groups -OCH3 is 1. The van der Waals surface area contributed by atoms with E-state index in [9.17, 15) is 9.59 Å². The fraction of sp³-hybridized carbons (Fsp3) is 0.429. The molecule has 1 aliphatic rings. The molecule has 1 heterocycles. The molecular formula is C14H17ClN2O4. The molecule has 1 aromatic carbocycles. The molecule has 0 saturated carbocycles. The average Bonchev–Trinajstić information content (AvgIpc) is 2.98. The second-order valence-electron chi connectivity index (χ2n) is 4.74. The van der Waals surface area contributed by atoms with Gasteiger partial charge in [-0.3, -0.25) is 9.59 Å². The van der Waals surface area contributed by atoms with E-state index in [2.05, 4.69) is 0 Å². The van der Waals surface area contributed by atoms with Crippen LogP contribution in [-0.4, -0.2) is 43.5 Å². The molecule has 2 rings (SSSR count). The largest absolute Gasteiger partial charge is 0.493 e. The average molecular weight is 313 g/mol. The molecule has 0 aromatic heterocycles. The van der Waals surface area contributed by atoms with E-state index in [1.165, 1.54) is 13.2 Å². The van der Waals surface area contributed by atoms with Crippen molar-refractivity contribution in [2.45, 2.75) is 12.8 Å². The van der Waals surface area contributed by atoms with Gasteiger partial charge in [-0.25, -0.2) is 0 Å². The Morgan fingerprint density at radius 3 is 2.57 bits per heavy atom. The van der Waals surface area contributed by atoms with Crippen molar-refractivity contribution in [3.8, 4) is 11.5 Å². The van der Waals surface area contributed by atoms with Gasteiger partial charge in [-0.15, -0.1) is 0 Å². The monoisotopic (exact) mass is 312 g/mol. The van der Waals surface area contributed by atoms with Crippen molar-refractivity contribution in [3.05, 3.63) is 22.7 Å². The van der Waals surface area contributed by atoms with E-state index in [4.69, 9.17) is 26.8 Å². The van der Waals surface area contributed by atoms with Crippen LogP contribution in [0.2, 0.25) is 5.02 Å². The van der Waals surface area contributed by atoms with Gasteiger partial charge in [0.1, 0.15) is 0 Å². The number of likely N-dealkylation sites (tertiary alicyclic amines) is 1. The topological polar surface area (TPSA) is 81.9 Å². The summed E-state index contributed by atoms with van der Waals surface area (Å²) in [7, 11) is 1.44. The molecule has 0 aliphatic carbocycles. The minimum Gasteiger partial charge on any atom is -0.493 e. The number of nitrogens with two attached hydrogens (primary N) is 1. The Bertz CT molecular complexity index is 556. The first-order valence-corrected chi connectivity index (χ1v) is 6.98. The molecule has 1 saturated heterocycles. The van der Waals surface area contributed by atoms with E-state index in [1.54, 1.807) is 11.0 Å². The van der Waals surface area contributed by atoms with Crippen molar-refractivity contribution in [1.29, 1.82) is 0 Å². The van der Waals surface area contributed by atoms with E-state index in [0.717, 1.165) is 25.9 Å². The van der Waals surface area contributed by atoms with Gasteiger partial charge in [0.25, 0.3) is 11.8 Å². The summed E-state index contributed by atoms with van der Waals surface area (Å²) in [5, 5.41) is 0.207.